The molecule has 2 rings (SSSR count). The van der Waals surface area contributed by atoms with Crippen molar-refractivity contribution in [1.29, 1.82) is 0 Å². The molecule has 0 saturated heterocycles. The van der Waals surface area contributed by atoms with Gasteiger partial charge in [-0.2, -0.15) is 0 Å². The van der Waals surface area contributed by atoms with Crippen LogP contribution in [0.3, 0.4) is 0 Å². The number of nitrogens with one attached hydrogen (secondary N) is 1. The van der Waals surface area contributed by atoms with Gasteiger partial charge in [-0.3, -0.25) is 0 Å². The molecular formula is C15H18BrNO. The number of halogens is 1. The molecule has 0 spiro atoms. The average molecular weight is 308 g/mol. The van der Waals surface area contributed by atoms with Crippen LogP contribution in [0.4, 0.5) is 0 Å². The highest BCUT2D eigenvalue weighted by molar-refractivity contribution is 9.10. The van der Waals surface area contributed by atoms with Crippen LogP contribution in [-0.2, 0) is 0 Å². The van der Waals surface area contributed by atoms with E-state index in [1.165, 1.54) is 5.57 Å². The topological polar surface area (TPSA) is 25.2 Å². The summed E-state index contributed by atoms with van der Waals surface area (Å²) in [6, 6.07) is 8.33. The maximum Gasteiger partial charge on any atom is 0.148 e. The molecule has 3 heteroatoms. The summed E-state index contributed by atoms with van der Waals surface area (Å²) in [6.45, 7) is 7.21. The number of allylic oxidation sites excluding steroid dienone is 1. The van der Waals surface area contributed by atoms with Crippen molar-refractivity contribution in [3.05, 3.63) is 46.1 Å². The van der Waals surface area contributed by atoms with Crippen molar-refractivity contribution in [1.82, 2.24) is 5.32 Å². The molecule has 0 radical (unpaired) electrons. The van der Waals surface area contributed by atoms with Crippen molar-refractivity contribution < 1.29 is 4.42 Å². The van der Waals surface area contributed by atoms with Gasteiger partial charge >= 0.3 is 0 Å². The van der Waals surface area contributed by atoms with Gasteiger partial charge in [0.2, 0.25) is 0 Å². The molecule has 0 aliphatic rings. The third kappa shape index (κ3) is 2.85. The van der Waals surface area contributed by atoms with Crippen molar-refractivity contribution in [2.24, 2.45) is 0 Å². The van der Waals surface area contributed by atoms with E-state index in [-0.39, 0.29) is 6.04 Å². The zero-order valence-electron chi connectivity index (χ0n) is 11.0. The molecular weight excluding hydrogens is 290 g/mol. The quantitative estimate of drug-likeness (QED) is 0.820. The van der Waals surface area contributed by atoms with Crippen LogP contribution in [0, 0.1) is 0 Å². The van der Waals surface area contributed by atoms with Gasteiger partial charge in [-0.15, -0.1) is 0 Å². The van der Waals surface area contributed by atoms with Gasteiger partial charge in [0.1, 0.15) is 11.3 Å². The van der Waals surface area contributed by atoms with Crippen LogP contribution in [0.5, 0.6) is 0 Å². The molecule has 0 aliphatic carbocycles. The highest BCUT2D eigenvalue weighted by Crippen LogP contribution is 2.30. The van der Waals surface area contributed by atoms with Crippen molar-refractivity contribution in [3.63, 3.8) is 0 Å². The van der Waals surface area contributed by atoms with Gasteiger partial charge in [0.25, 0.3) is 0 Å². The van der Waals surface area contributed by atoms with Crippen LogP contribution < -0.4 is 5.32 Å². The standard InChI is InChI=1S/C15H18BrNO/c1-4-17-13(8-10(2)3)14-9-11-6-5-7-12(16)15(11)18-14/h5-9,13,17H,4H2,1-3H3. The first-order valence-corrected chi connectivity index (χ1v) is 6.97. The highest BCUT2D eigenvalue weighted by atomic mass is 79.9. The fourth-order valence-corrected chi connectivity index (χ4v) is 2.46. The van der Waals surface area contributed by atoms with E-state index in [0.29, 0.717) is 0 Å². The van der Waals surface area contributed by atoms with E-state index in [1.54, 1.807) is 0 Å². The smallest absolute Gasteiger partial charge is 0.148 e. The summed E-state index contributed by atoms with van der Waals surface area (Å²) in [4.78, 5) is 0. The summed E-state index contributed by atoms with van der Waals surface area (Å²) in [6.07, 6.45) is 2.19. The third-order valence-electron chi connectivity index (χ3n) is 2.75. The predicted molar refractivity (Wildman–Crippen MR) is 79.8 cm³/mol. The number of para-hydroxylation sites is 1. The van der Waals surface area contributed by atoms with E-state index in [2.05, 4.69) is 60.2 Å². The number of hydrogen-bond donors (Lipinski definition) is 1. The van der Waals surface area contributed by atoms with Crippen LogP contribution in [0.15, 0.2) is 44.8 Å². The minimum Gasteiger partial charge on any atom is -0.458 e. The lowest BCUT2D eigenvalue weighted by atomic mass is 10.1. The first kappa shape index (κ1) is 13.4. The number of hydrogen-bond acceptors (Lipinski definition) is 2. The Kier molecular flexibility index (Phi) is 4.25. The molecule has 1 N–H and O–H groups in total. The van der Waals surface area contributed by atoms with Gasteiger partial charge in [-0.1, -0.05) is 30.7 Å². The number of benzene rings is 1. The minimum absolute atomic E-state index is 0.138. The molecule has 0 bridgehead atoms. The van der Waals surface area contributed by atoms with Crippen molar-refractivity contribution in [3.8, 4) is 0 Å². The summed E-state index contributed by atoms with van der Waals surface area (Å²) in [5.74, 6) is 0.958. The molecule has 0 fully saturated rings. The van der Waals surface area contributed by atoms with Gasteiger partial charge < -0.3 is 9.73 Å². The Morgan fingerprint density at radius 1 is 1.44 bits per heavy atom. The lowest BCUT2D eigenvalue weighted by Gasteiger charge is -2.11. The maximum atomic E-state index is 5.96. The van der Waals surface area contributed by atoms with Crippen LogP contribution in [0.2, 0.25) is 0 Å². The van der Waals surface area contributed by atoms with Crippen LogP contribution in [-0.4, -0.2) is 6.54 Å². The first-order chi connectivity index (χ1) is 8.61. The largest absolute Gasteiger partial charge is 0.458 e. The Labute approximate surface area is 116 Å². The molecule has 1 heterocycles. The summed E-state index contributed by atoms with van der Waals surface area (Å²) in [7, 11) is 0. The molecule has 96 valence electrons. The molecule has 2 aromatic rings. The van der Waals surface area contributed by atoms with Crippen molar-refractivity contribution >= 4 is 26.9 Å². The summed E-state index contributed by atoms with van der Waals surface area (Å²) in [5.41, 5.74) is 2.19. The van der Waals surface area contributed by atoms with Crippen molar-refractivity contribution in [2.75, 3.05) is 6.54 Å². The first-order valence-electron chi connectivity index (χ1n) is 6.18. The monoisotopic (exact) mass is 307 g/mol. The second-order valence-corrected chi connectivity index (χ2v) is 5.44. The van der Waals surface area contributed by atoms with Gasteiger partial charge in [0.05, 0.1) is 10.5 Å². The minimum atomic E-state index is 0.138. The SMILES string of the molecule is CCNC(C=C(C)C)c1cc2cccc(Br)c2o1. The normalized spacial score (nSPS) is 12.7. The molecule has 0 amide bonds. The number of rotatable bonds is 4. The molecule has 2 nitrogen and oxygen atoms in total. The van der Waals surface area contributed by atoms with Gasteiger partial charge in [0.15, 0.2) is 0 Å². The van der Waals surface area contributed by atoms with E-state index in [0.717, 1.165) is 27.7 Å². The summed E-state index contributed by atoms with van der Waals surface area (Å²) < 4.78 is 6.96. The van der Waals surface area contributed by atoms with Gasteiger partial charge in [0, 0.05) is 5.39 Å². The fraction of sp³-hybridized carbons (Fsp3) is 0.333. The third-order valence-corrected chi connectivity index (χ3v) is 3.37. The number of likely N-dealkylation sites (N-methyl/N-ethyl adjacent to an activating group) is 1. The molecule has 0 saturated carbocycles. The summed E-state index contributed by atoms with van der Waals surface area (Å²) in [5, 5.41) is 4.55. The molecule has 18 heavy (non-hydrogen) atoms. The maximum absolute atomic E-state index is 5.96. The van der Waals surface area contributed by atoms with Crippen LogP contribution >= 0.6 is 15.9 Å². The van der Waals surface area contributed by atoms with Gasteiger partial charge in [-0.25, -0.2) is 0 Å². The Balaban J connectivity index is 2.44. The average Bonchev–Trinajstić information content (AvgIpc) is 2.73. The second kappa shape index (κ2) is 5.72. The van der Waals surface area contributed by atoms with E-state index in [4.69, 9.17) is 4.42 Å². The zero-order chi connectivity index (χ0) is 13.1. The Hall–Kier alpha value is -1.06. The molecule has 1 aromatic carbocycles. The number of furan rings is 1. The van der Waals surface area contributed by atoms with Crippen molar-refractivity contribution in [2.45, 2.75) is 26.8 Å². The molecule has 1 unspecified atom stereocenters. The molecule has 1 aromatic heterocycles. The van der Waals surface area contributed by atoms with E-state index in [9.17, 15) is 0 Å². The van der Waals surface area contributed by atoms with Crippen LogP contribution in [0.1, 0.15) is 32.6 Å². The van der Waals surface area contributed by atoms with E-state index >= 15 is 0 Å². The lowest BCUT2D eigenvalue weighted by Crippen LogP contribution is -2.18. The molecule has 1 atom stereocenters. The van der Waals surface area contributed by atoms with Gasteiger partial charge in [-0.05, 0) is 48.5 Å². The second-order valence-electron chi connectivity index (χ2n) is 4.59. The number of fused-ring (bicyclic) bond motifs is 1. The Morgan fingerprint density at radius 3 is 2.83 bits per heavy atom. The summed E-state index contributed by atoms with van der Waals surface area (Å²) >= 11 is 3.52. The fourth-order valence-electron chi connectivity index (χ4n) is 2.00. The Bertz CT molecular complexity index is 567. The predicted octanol–water partition coefficient (Wildman–Crippen LogP) is 4.81. The molecule has 0 aliphatic heterocycles. The highest BCUT2D eigenvalue weighted by Gasteiger charge is 2.14. The van der Waals surface area contributed by atoms with Crippen LogP contribution in [0.25, 0.3) is 11.0 Å². The van der Waals surface area contributed by atoms with E-state index < -0.39 is 0 Å². The lowest BCUT2D eigenvalue weighted by molar-refractivity contribution is 0.483. The van der Waals surface area contributed by atoms with E-state index in [1.807, 2.05) is 12.1 Å². The zero-order valence-corrected chi connectivity index (χ0v) is 12.5. The Morgan fingerprint density at radius 2 is 2.22 bits per heavy atom.